The highest BCUT2D eigenvalue weighted by molar-refractivity contribution is 6.32. The van der Waals surface area contributed by atoms with Crippen LogP contribution in [-0.4, -0.2) is 89.7 Å². The second-order valence-electron chi connectivity index (χ2n) is 8.20. The highest BCUT2D eigenvalue weighted by atomic mass is 16.5. The number of nitrogens with one attached hydrogen (secondary N) is 3. The van der Waals surface area contributed by atoms with Crippen LogP contribution in [0.15, 0.2) is 36.8 Å². The Kier molecular flexibility index (Phi) is 7.24. The van der Waals surface area contributed by atoms with Crippen LogP contribution >= 0.6 is 0 Å². The molecule has 34 heavy (non-hydrogen) atoms. The molecule has 4 N–H and O–H groups in total. The fourth-order valence-corrected chi connectivity index (χ4v) is 3.88. The summed E-state index contributed by atoms with van der Waals surface area (Å²) >= 11 is 0. The summed E-state index contributed by atoms with van der Waals surface area (Å²) in [5.41, 5.74) is 1.76. The number of hydrogen-bond acceptors (Lipinski definition) is 9. The number of carbonyl (C=O) groups is 2. The van der Waals surface area contributed by atoms with Gasteiger partial charge in [-0.05, 0) is 25.6 Å². The zero-order chi connectivity index (χ0) is 24.1. The van der Waals surface area contributed by atoms with Gasteiger partial charge in [-0.25, -0.2) is 9.97 Å². The third kappa shape index (κ3) is 5.10. The topological polar surface area (TPSA) is 132 Å². The van der Waals surface area contributed by atoms with E-state index < -0.39 is 6.04 Å². The molecule has 180 valence electrons. The molecule has 0 fully saturated rings. The van der Waals surface area contributed by atoms with Crippen LogP contribution in [0.4, 0.5) is 17.3 Å². The highest BCUT2D eigenvalue weighted by Crippen LogP contribution is 2.34. The average Bonchev–Trinajstić information content (AvgIpc) is 3.16. The molecular formula is C23H29N7O4. The van der Waals surface area contributed by atoms with E-state index >= 15 is 0 Å². The predicted molar refractivity (Wildman–Crippen MR) is 128 cm³/mol. The van der Waals surface area contributed by atoms with Crippen molar-refractivity contribution < 1.29 is 19.4 Å². The fourth-order valence-electron chi connectivity index (χ4n) is 3.88. The fraction of sp³-hybridized carbons (Fsp3) is 0.391. The van der Waals surface area contributed by atoms with E-state index in [0.29, 0.717) is 61.2 Å². The molecule has 3 heterocycles. The summed E-state index contributed by atoms with van der Waals surface area (Å²) in [6.07, 6.45) is 3.68. The zero-order valence-electron chi connectivity index (χ0n) is 19.2. The Balaban J connectivity index is 1.62. The monoisotopic (exact) mass is 467 g/mol. The van der Waals surface area contributed by atoms with Gasteiger partial charge in [-0.15, -0.1) is 0 Å². The molecule has 1 aromatic carbocycles. The van der Waals surface area contributed by atoms with E-state index in [-0.39, 0.29) is 18.4 Å². The van der Waals surface area contributed by atoms with Gasteiger partial charge < -0.3 is 30.7 Å². The van der Waals surface area contributed by atoms with Crippen LogP contribution in [0.2, 0.25) is 0 Å². The van der Waals surface area contributed by atoms with Gasteiger partial charge in [0.05, 0.1) is 17.7 Å². The first-order valence-electron chi connectivity index (χ1n) is 11.1. The molecular weight excluding hydrogens is 438 g/mol. The Hall–Kier alpha value is -3.70. The van der Waals surface area contributed by atoms with Gasteiger partial charge in [0, 0.05) is 44.6 Å². The maximum atomic E-state index is 12.9. The summed E-state index contributed by atoms with van der Waals surface area (Å²) in [4.78, 5) is 37.4. The molecule has 0 saturated carbocycles. The lowest BCUT2D eigenvalue weighted by Gasteiger charge is -2.29. The Labute approximate surface area is 197 Å². The van der Waals surface area contributed by atoms with Crippen molar-refractivity contribution in [1.82, 2.24) is 19.8 Å². The first-order chi connectivity index (χ1) is 16.5. The number of nitrogens with zero attached hydrogens (tertiary/aromatic N) is 4. The van der Waals surface area contributed by atoms with Crippen LogP contribution in [0, 0.1) is 0 Å². The van der Waals surface area contributed by atoms with Crippen molar-refractivity contribution in [1.29, 1.82) is 0 Å². The van der Waals surface area contributed by atoms with Gasteiger partial charge in [-0.3, -0.25) is 14.5 Å². The van der Waals surface area contributed by atoms with Gasteiger partial charge in [0.1, 0.15) is 36.4 Å². The molecule has 0 unspecified atom stereocenters. The molecule has 11 nitrogen and oxygen atoms in total. The highest BCUT2D eigenvalue weighted by Gasteiger charge is 2.29. The van der Waals surface area contributed by atoms with E-state index in [1.54, 1.807) is 30.1 Å². The molecule has 2 bridgehead atoms. The van der Waals surface area contributed by atoms with Crippen LogP contribution in [-0.2, 0) is 9.59 Å². The smallest absolute Gasteiger partial charge is 0.259 e. The lowest BCUT2D eigenvalue weighted by Crippen LogP contribution is -2.49. The first-order valence-corrected chi connectivity index (χ1v) is 11.1. The van der Waals surface area contributed by atoms with Crippen LogP contribution in [0.5, 0.6) is 5.75 Å². The summed E-state index contributed by atoms with van der Waals surface area (Å²) < 4.78 is 5.86. The molecule has 2 aliphatic rings. The molecule has 11 heteroatoms. The van der Waals surface area contributed by atoms with E-state index in [0.717, 1.165) is 5.69 Å². The van der Waals surface area contributed by atoms with Crippen LogP contribution in [0.25, 0.3) is 5.57 Å². The van der Waals surface area contributed by atoms with Gasteiger partial charge >= 0.3 is 0 Å². The number of benzene rings is 1. The Morgan fingerprint density at radius 1 is 1.18 bits per heavy atom. The summed E-state index contributed by atoms with van der Waals surface area (Å²) in [6, 6.07) is 6.71. The van der Waals surface area contributed by atoms with Crippen molar-refractivity contribution in [2.75, 3.05) is 62.9 Å². The number of amides is 2. The summed E-state index contributed by atoms with van der Waals surface area (Å²) in [6.45, 7) is 1.55. The SMILES string of the molecule is CN1CCCNc2ncnc3c2/C(=C/Nc2cccc(c2)OCCN(C)[C@H](CO)C1=O)C(=O)N3. The van der Waals surface area contributed by atoms with E-state index in [9.17, 15) is 14.7 Å². The molecule has 0 radical (unpaired) electrons. The minimum absolute atomic E-state index is 0.156. The maximum Gasteiger partial charge on any atom is 0.259 e. The number of rotatable bonds is 1. The van der Waals surface area contributed by atoms with Crippen molar-refractivity contribution in [2.45, 2.75) is 12.5 Å². The Morgan fingerprint density at radius 2 is 2.00 bits per heavy atom. The number of anilines is 3. The summed E-state index contributed by atoms with van der Waals surface area (Å²) in [5.74, 6) is 1.19. The van der Waals surface area contributed by atoms with E-state index in [2.05, 4.69) is 25.9 Å². The Morgan fingerprint density at radius 3 is 2.82 bits per heavy atom. The van der Waals surface area contributed by atoms with Crippen molar-refractivity contribution in [3.63, 3.8) is 0 Å². The molecule has 0 aliphatic carbocycles. The summed E-state index contributed by atoms with van der Waals surface area (Å²) in [5, 5.41) is 19.0. The molecule has 1 aromatic heterocycles. The molecule has 0 saturated heterocycles. The van der Waals surface area contributed by atoms with Gasteiger partial charge in [-0.1, -0.05) is 6.07 Å². The van der Waals surface area contributed by atoms with Crippen LogP contribution in [0.3, 0.4) is 0 Å². The number of likely N-dealkylation sites (N-methyl/N-ethyl adjacent to an activating group) is 2. The third-order valence-electron chi connectivity index (χ3n) is 5.85. The maximum absolute atomic E-state index is 12.9. The quantitative estimate of drug-likeness (QED) is 0.481. The average molecular weight is 468 g/mol. The minimum atomic E-state index is -0.648. The number of aromatic nitrogens is 2. The Bertz CT molecular complexity index is 1090. The van der Waals surface area contributed by atoms with E-state index in [1.165, 1.54) is 6.33 Å². The van der Waals surface area contributed by atoms with Crippen LogP contribution in [0.1, 0.15) is 12.0 Å². The van der Waals surface area contributed by atoms with Gasteiger partial charge in [-0.2, -0.15) is 0 Å². The second kappa shape index (κ2) is 10.5. The van der Waals surface area contributed by atoms with E-state index in [1.807, 2.05) is 24.3 Å². The molecule has 4 rings (SSSR count). The number of aliphatic hydroxyl groups excluding tert-OH is 1. The van der Waals surface area contributed by atoms with Crippen LogP contribution < -0.4 is 20.7 Å². The minimum Gasteiger partial charge on any atom is -0.492 e. The zero-order valence-corrected chi connectivity index (χ0v) is 19.2. The first kappa shape index (κ1) is 23.5. The lowest BCUT2D eigenvalue weighted by molar-refractivity contribution is -0.136. The largest absolute Gasteiger partial charge is 0.492 e. The summed E-state index contributed by atoms with van der Waals surface area (Å²) in [7, 11) is 3.52. The number of ether oxygens (including phenoxy) is 1. The molecule has 2 aromatic rings. The van der Waals surface area contributed by atoms with Crippen molar-refractivity contribution >= 4 is 34.7 Å². The number of aliphatic hydroxyl groups is 1. The second-order valence-corrected chi connectivity index (χ2v) is 8.20. The molecule has 2 amide bonds. The molecule has 2 aliphatic heterocycles. The number of carbonyl (C=O) groups excluding carboxylic acids is 2. The number of hydrogen-bond donors (Lipinski definition) is 4. The standard InChI is InChI=1S/C23H29N7O4/c1-29-9-10-34-16-6-3-5-15(11-16)25-12-17-19-20(26-14-27-21(19)28-22(17)32)24-7-4-8-30(2)23(33)18(29)13-31/h3,5-6,11-12,14,18,25,31H,4,7-10,13H2,1-2H3,(H2,24,26,27,28,32)/b17-12-/t18-/m1/s1. The normalized spacial score (nSPS) is 21.4. The van der Waals surface area contributed by atoms with Crippen molar-refractivity contribution in [3.05, 3.63) is 42.4 Å². The van der Waals surface area contributed by atoms with Gasteiger partial charge in [0.2, 0.25) is 5.91 Å². The molecule has 1 atom stereocenters. The van der Waals surface area contributed by atoms with Gasteiger partial charge in [0.15, 0.2) is 0 Å². The third-order valence-corrected chi connectivity index (χ3v) is 5.85. The van der Waals surface area contributed by atoms with Crippen molar-refractivity contribution in [2.24, 2.45) is 0 Å². The lowest BCUT2D eigenvalue weighted by atomic mass is 10.1. The number of fused-ring (bicyclic) bond motifs is 2. The van der Waals surface area contributed by atoms with Crippen molar-refractivity contribution in [3.8, 4) is 5.75 Å². The predicted octanol–water partition coefficient (Wildman–Crippen LogP) is 0.827. The van der Waals surface area contributed by atoms with Gasteiger partial charge in [0.25, 0.3) is 5.91 Å². The van der Waals surface area contributed by atoms with E-state index in [4.69, 9.17) is 4.74 Å². The molecule has 0 spiro atoms.